The maximum atomic E-state index is 11.8. The lowest BCUT2D eigenvalue weighted by Gasteiger charge is -2.12. The molecule has 2 rings (SSSR count). The van der Waals surface area contributed by atoms with Gasteiger partial charge in [-0.25, -0.2) is 4.79 Å². The fourth-order valence-corrected chi connectivity index (χ4v) is 1.96. The summed E-state index contributed by atoms with van der Waals surface area (Å²) in [5.74, 6) is 0.300. The molecular formula is C16H17NO3. The van der Waals surface area contributed by atoms with Crippen LogP contribution in [0.2, 0.25) is 0 Å². The van der Waals surface area contributed by atoms with Crippen LogP contribution in [-0.2, 0) is 11.3 Å². The molecule has 0 saturated heterocycles. The quantitative estimate of drug-likeness (QED) is 0.686. The van der Waals surface area contributed by atoms with Crippen LogP contribution in [0.4, 0.5) is 5.69 Å². The highest BCUT2D eigenvalue weighted by Gasteiger charge is 2.15. The van der Waals surface area contributed by atoms with Crippen molar-refractivity contribution in [1.82, 2.24) is 0 Å². The van der Waals surface area contributed by atoms with Gasteiger partial charge in [0.2, 0.25) is 0 Å². The topological polar surface area (TPSA) is 61.5 Å². The number of esters is 1. The SMILES string of the molecule is COC(=O)c1c(N)cccc1COc1cccc(C)c1. The fraction of sp³-hybridized carbons (Fsp3) is 0.188. The molecule has 2 aromatic carbocycles. The number of hydrogen-bond acceptors (Lipinski definition) is 4. The molecule has 0 amide bonds. The number of carbonyl (C=O) groups excluding carboxylic acids is 1. The average molecular weight is 271 g/mol. The van der Waals surface area contributed by atoms with Gasteiger partial charge >= 0.3 is 5.97 Å². The van der Waals surface area contributed by atoms with E-state index in [1.54, 1.807) is 18.2 Å². The minimum atomic E-state index is -0.453. The first-order valence-electron chi connectivity index (χ1n) is 6.27. The van der Waals surface area contributed by atoms with Gasteiger partial charge in [0, 0.05) is 11.3 Å². The van der Waals surface area contributed by atoms with Crippen LogP contribution < -0.4 is 10.5 Å². The van der Waals surface area contributed by atoms with E-state index in [1.165, 1.54) is 7.11 Å². The maximum Gasteiger partial charge on any atom is 0.340 e. The predicted octanol–water partition coefficient (Wildman–Crippen LogP) is 2.94. The van der Waals surface area contributed by atoms with E-state index in [0.717, 1.165) is 11.3 Å². The molecule has 0 radical (unpaired) electrons. The first-order valence-corrected chi connectivity index (χ1v) is 6.27. The van der Waals surface area contributed by atoms with E-state index in [9.17, 15) is 4.79 Å². The van der Waals surface area contributed by atoms with E-state index in [0.29, 0.717) is 16.8 Å². The summed E-state index contributed by atoms with van der Waals surface area (Å²) < 4.78 is 10.5. The van der Waals surface area contributed by atoms with Crippen molar-refractivity contribution in [2.45, 2.75) is 13.5 Å². The maximum absolute atomic E-state index is 11.8. The van der Waals surface area contributed by atoms with Crippen LogP contribution in [0.1, 0.15) is 21.5 Å². The Labute approximate surface area is 118 Å². The van der Waals surface area contributed by atoms with Gasteiger partial charge in [0.25, 0.3) is 0 Å². The zero-order chi connectivity index (χ0) is 14.5. The lowest BCUT2D eigenvalue weighted by Crippen LogP contribution is -2.11. The van der Waals surface area contributed by atoms with E-state index in [1.807, 2.05) is 31.2 Å². The van der Waals surface area contributed by atoms with Crippen LogP contribution >= 0.6 is 0 Å². The summed E-state index contributed by atoms with van der Waals surface area (Å²) in [6.07, 6.45) is 0. The van der Waals surface area contributed by atoms with Crippen molar-refractivity contribution in [3.05, 3.63) is 59.2 Å². The van der Waals surface area contributed by atoms with Gasteiger partial charge in [-0.2, -0.15) is 0 Å². The number of rotatable bonds is 4. The number of carbonyl (C=O) groups is 1. The molecule has 0 atom stereocenters. The van der Waals surface area contributed by atoms with Crippen LogP contribution in [0, 0.1) is 6.92 Å². The van der Waals surface area contributed by atoms with Crippen LogP contribution in [0.15, 0.2) is 42.5 Å². The molecule has 2 aromatic rings. The average Bonchev–Trinajstić information content (AvgIpc) is 2.44. The van der Waals surface area contributed by atoms with Gasteiger partial charge in [-0.1, -0.05) is 24.3 Å². The van der Waals surface area contributed by atoms with E-state index in [-0.39, 0.29) is 6.61 Å². The van der Waals surface area contributed by atoms with Crippen molar-refractivity contribution in [3.8, 4) is 5.75 Å². The molecule has 20 heavy (non-hydrogen) atoms. The van der Waals surface area contributed by atoms with Crippen molar-refractivity contribution in [2.75, 3.05) is 12.8 Å². The van der Waals surface area contributed by atoms with Gasteiger partial charge in [-0.15, -0.1) is 0 Å². The molecule has 0 heterocycles. The molecule has 4 heteroatoms. The van der Waals surface area contributed by atoms with Gasteiger partial charge in [-0.05, 0) is 30.7 Å². The molecule has 0 aliphatic carbocycles. The molecule has 2 N–H and O–H groups in total. The summed E-state index contributed by atoms with van der Waals surface area (Å²) in [5.41, 5.74) is 8.41. The van der Waals surface area contributed by atoms with Gasteiger partial charge < -0.3 is 15.2 Å². The van der Waals surface area contributed by atoms with Crippen LogP contribution in [0.3, 0.4) is 0 Å². The lowest BCUT2D eigenvalue weighted by molar-refractivity contribution is 0.0599. The third kappa shape index (κ3) is 3.09. The van der Waals surface area contributed by atoms with Crippen molar-refractivity contribution in [1.29, 1.82) is 0 Å². The normalized spacial score (nSPS) is 10.1. The summed E-state index contributed by atoms with van der Waals surface area (Å²) in [6.45, 7) is 2.26. The summed E-state index contributed by atoms with van der Waals surface area (Å²) >= 11 is 0. The Morgan fingerprint density at radius 3 is 2.65 bits per heavy atom. The Morgan fingerprint density at radius 2 is 1.95 bits per heavy atom. The molecule has 0 fully saturated rings. The number of benzene rings is 2. The van der Waals surface area contributed by atoms with Crippen LogP contribution in [0.25, 0.3) is 0 Å². The molecule has 0 saturated carbocycles. The third-order valence-corrected chi connectivity index (χ3v) is 2.96. The summed E-state index contributed by atoms with van der Waals surface area (Å²) in [7, 11) is 1.33. The minimum absolute atomic E-state index is 0.263. The van der Waals surface area contributed by atoms with Crippen LogP contribution in [-0.4, -0.2) is 13.1 Å². The second kappa shape index (κ2) is 6.10. The second-order valence-electron chi connectivity index (χ2n) is 4.48. The zero-order valence-corrected chi connectivity index (χ0v) is 11.6. The molecule has 0 aliphatic rings. The molecule has 0 aromatic heterocycles. The Kier molecular flexibility index (Phi) is 4.25. The van der Waals surface area contributed by atoms with Crippen molar-refractivity contribution in [3.63, 3.8) is 0 Å². The van der Waals surface area contributed by atoms with Crippen molar-refractivity contribution in [2.24, 2.45) is 0 Å². The van der Waals surface area contributed by atoms with Gasteiger partial charge in [0.05, 0.1) is 12.7 Å². The number of methoxy groups -OCH3 is 1. The smallest absolute Gasteiger partial charge is 0.340 e. The van der Waals surface area contributed by atoms with E-state index >= 15 is 0 Å². The third-order valence-electron chi connectivity index (χ3n) is 2.96. The van der Waals surface area contributed by atoms with E-state index in [4.69, 9.17) is 15.2 Å². The first kappa shape index (κ1) is 13.9. The lowest BCUT2D eigenvalue weighted by atomic mass is 10.1. The van der Waals surface area contributed by atoms with Crippen LogP contribution in [0.5, 0.6) is 5.75 Å². The summed E-state index contributed by atoms with van der Waals surface area (Å²) in [4.78, 5) is 11.8. The number of nitrogen functional groups attached to an aromatic ring is 1. The highest BCUT2D eigenvalue weighted by molar-refractivity contribution is 5.96. The summed E-state index contributed by atoms with van der Waals surface area (Å²) in [6, 6.07) is 13.0. The van der Waals surface area contributed by atoms with Gasteiger partial charge in [0.1, 0.15) is 12.4 Å². The first-order chi connectivity index (χ1) is 9.61. The van der Waals surface area contributed by atoms with Gasteiger partial charge in [-0.3, -0.25) is 0 Å². The number of hydrogen-bond donors (Lipinski definition) is 1. The Balaban J connectivity index is 2.21. The fourth-order valence-electron chi connectivity index (χ4n) is 1.96. The number of anilines is 1. The van der Waals surface area contributed by atoms with Crippen molar-refractivity contribution >= 4 is 11.7 Å². The Bertz CT molecular complexity index is 623. The molecule has 0 unspecified atom stereocenters. The molecule has 104 valence electrons. The standard InChI is InChI=1S/C16H17NO3/c1-11-5-3-7-13(9-11)20-10-12-6-4-8-14(17)15(12)16(18)19-2/h3-9H,10,17H2,1-2H3. The molecule has 4 nitrogen and oxygen atoms in total. The Morgan fingerprint density at radius 1 is 1.20 bits per heavy atom. The molecule has 0 aliphatic heterocycles. The highest BCUT2D eigenvalue weighted by Crippen LogP contribution is 2.21. The molecular weight excluding hydrogens is 254 g/mol. The number of ether oxygens (including phenoxy) is 2. The molecule has 0 spiro atoms. The predicted molar refractivity (Wildman–Crippen MR) is 77.7 cm³/mol. The molecule has 0 bridgehead atoms. The monoisotopic (exact) mass is 271 g/mol. The Hall–Kier alpha value is -2.49. The van der Waals surface area contributed by atoms with E-state index in [2.05, 4.69) is 0 Å². The number of nitrogens with two attached hydrogens (primary N) is 1. The van der Waals surface area contributed by atoms with E-state index < -0.39 is 5.97 Å². The van der Waals surface area contributed by atoms with Crippen molar-refractivity contribution < 1.29 is 14.3 Å². The van der Waals surface area contributed by atoms with Gasteiger partial charge in [0.15, 0.2) is 0 Å². The zero-order valence-electron chi connectivity index (χ0n) is 11.6. The minimum Gasteiger partial charge on any atom is -0.489 e. The summed E-state index contributed by atoms with van der Waals surface area (Å²) in [5, 5.41) is 0. The number of aryl methyl sites for hydroxylation is 1. The largest absolute Gasteiger partial charge is 0.489 e. The second-order valence-corrected chi connectivity index (χ2v) is 4.48. The highest BCUT2D eigenvalue weighted by atomic mass is 16.5.